The van der Waals surface area contributed by atoms with Crippen molar-refractivity contribution in [3.8, 4) is 0 Å². The minimum Gasteiger partial charge on any atom is -0.343 e. The Morgan fingerprint density at radius 2 is 1.84 bits per heavy atom. The summed E-state index contributed by atoms with van der Waals surface area (Å²) in [4.78, 5) is 25.9. The molecule has 1 unspecified atom stereocenters. The van der Waals surface area contributed by atoms with Gasteiger partial charge in [0.1, 0.15) is 6.04 Å². The number of carbonyl (C=O) groups is 2. The lowest BCUT2D eigenvalue weighted by atomic mass is 9.80. The van der Waals surface area contributed by atoms with Gasteiger partial charge in [-0.3, -0.25) is 9.59 Å². The molecular weight excluding hydrogens is 240 g/mol. The van der Waals surface area contributed by atoms with E-state index in [4.69, 9.17) is 0 Å². The maximum Gasteiger partial charge on any atom is 0.245 e. The molecule has 0 saturated carbocycles. The topological polar surface area (TPSA) is 49.4 Å². The summed E-state index contributed by atoms with van der Waals surface area (Å²) in [6.45, 7) is 13.6. The molecule has 110 valence electrons. The zero-order valence-corrected chi connectivity index (χ0v) is 13.1. The molecule has 2 amide bonds. The van der Waals surface area contributed by atoms with Crippen molar-refractivity contribution in [2.75, 3.05) is 13.1 Å². The average molecular weight is 268 g/mol. The monoisotopic (exact) mass is 268 g/mol. The molecule has 0 aromatic carbocycles. The Labute approximate surface area is 116 Å². The molecule has 1 atom stereocenters. The molecule has 0 spiro atoms. The number of amides is 2. The van der Waals surface area contributed by atoms with Crippen LogP contribution in [0.15, 0.2) is 0 Å². The lowest BCUT2D eigenvalue weighted by molar-refractivity contribution is -0.146. The summed E-state index contributed by atoms with van der Waals surface area (Å²) in [7, 11) is 0. The third-order valence-electron chi connectivity index (χ3n) is 4.15. The maximum absolute atomic E-state index is 12.4. The van der Waals surface area contributed by atoms with Gasteiger partial charge in [-0.2, -0.15) is 0 Å². The number of nitrogens with zero attached hydrogens (tertiary/aromatic N) is 1. The minimum absolute atomic E-state index is 0.0235. The fourth-order valence-corrected chi connectivity index (χ4v) is 2.21. The second-order valence-electron chi connectivity index (χ2n) is 7.09. The molecule has 0 aliphatic carbocycles. The molecule has 4 nitrogen and oxygen atoms in total. The summed E-state index contributed by atoms with van der Waals surface area (Å²) in [6.07, 6.45) is 0.711. The van der Waals surface area contributed by atoms with Gasteiger partial charge >= 0.3 is 0 Å². The second kappa shape index (κ2) is 5.93. The first-order valence-electron chi connectivity index (χ1n) is 7.21. The highest BCUT2D eigenvalue weighted by Crippen LogP contribution is 2.28. The Bertz CT molecular complexity index is 348. The van der Waals surface area contributed by atoms with Crippen molar-refractivity contribution < 1.29 is 9.59 Å². The van der Waals surface area contributed by atoms with Crippen LogP contribution in [0.4, 0.5) is 0 Å². The van der Waals surface area contributed by atoms with Crippen molar-refractivity contribution >= 4 is 11.8 Å². The number of piperazine rings is 1. The molecule has 1 saturated heterocycles. The lowest BCUT2D eigenvalue weighted by Gasteiger charge is -2.39. The summed E-state index contributed by atoms with van der Waals surface area (Å²) in [5.74, 6) is 0.896. The van der Waals surface area contributed by atoms with Gasteiger partial charge in [0, 0.05) is 6.54 Å². The fourth-order valence-electron chi connectivity index (χ4n) is 2.21. The number of hydrogen-bond donors (Lipinski definition) is 1. The molecule has 0 radical (unpaired) electrons. The van der Waals surface area contributed by atoms with Crippen LogP contribution in [0, 0.1) is 17.3 Å². The van der Waals surface area contributed by atoms with E-state index in [1.165, 1.54) is 0 Å². The van der Waals surface area contributed by atoms with E-state index in [0.717, 1.165) is 0 Å². The standard InChI is InChI=1S/C15H28N2O2/c1-10(2)7-12-14(19)17(8-13(18)16-12)9-15(5,6)11(3)4/h10-12H,7-9H2,1-6H3,(H,16,18). The van der Waals surface area contributed by atoms with Gasteiger partial charge in [0.15, 0.2) is 0 Å². The first-order valence-corrected chi connectivity index (χ1v) is 7.21. The largest absolute Gasteiger partial charge is 0.343 e. The SMILES string of the molecule is CC(C)CC1NC(=O)CN(CC(C)(C)C(C)C)C1=O. The molecule has 1 heterocycles. The smallest absolute Gasteiger partial charge is 0.245 e. The molecule has 1 aliphatic rings. The van der Waals surface area contributed by atoms with E-state index in [1.807, 2.05) is 0 Å². The molecule has 1 aliphatic heterocycles. The van der Waals surface area contributed by atoms with E-state index in [0.29, 0.717) is 24.8 Å². The van der Waals surface area contributed by atoms with E-state index >= 15 is 0 Å². The van der Waals surface area contributed by atoms with Gasteiger partial charge in [0.2, 0.25) is 11.8 Å². The molecule has 19 heavy (non-hydrogen) atoms. The molecule has 0 aromatic rings. The summed E-state index contributed by atoms with van der Waals surface area (Å²) < 4.78 is 0. The first kappa shape index (κ1) is 16.0. The number of rotatable bonds is 5. The number of hydrogen-bond acceptors (Lipinski definition) is 2. The van der Waals surface area contributed by atoms with Gasteiger partial charge in [-0.1, -0.05) is 41.5 Å². The van der Waals surface area contributed by atoms with Gasteiger partial charge in [0.05, 0.1) is 6.54 Å². The second-order valence-corrected chi connectivity index (χ2v) is 7.09. The molecule has 0 aromatic heterocycles. The third kappa shape index (κ3) is 4.22. The highest BCUT2D eigenvalue weighted by Gasteiger charge is 2.36. The molecule has 0 bridgehead atoms. The van der Waals surface area contributed by atoms with Gasteiger partial charge in [0.25, 0.3) is 0 Å². The van der Waals surface area contributed by atoms with Crippen molar-refractivity contribution in [1.82, 2.24) is 10.2 Å². The normalized spacial score (nSPS) is 21.3. The Morgan fingerprint density at radius 1 is 1.26 bits per heavy atom. The van der Waals surface area contributed by atoms with Crippen LogP contribution in [0.25, 0.3) is 0 Å². The van der Waals surface area contributed by atoms with Crippen molar-refractivity contribution in [3.05, 3.63) is 0 Å². The molecule has 1 rings (SSSR count). The van der Waals surface area contributed by atoms with E-state index in [2.05, 4.69) is 46.9 Å². The lowest BCUT2D eigenvalue weighted by Crippen LogP contribution is -2.60. The van der Waals surface area contributed by atoms with Crippen LogP contribution in [-0.4, -0.2) is 35.8 Å². The van der Waals surface area contributed by atoms with Crippen LogP contribution in [0.2, 0.25) is 0 Å². The van der Waals surface area contributed by atoms with Crippen LogP contribution in [0.3, 0.4) is 0 Å². The summed E-state index contributed by atoms with van der Waals surface area (Å²) in [5.41, 5.74) is 0.0235. The Hall–Kier alpha value is -1.06. The van der Waals surface area contributed by atoms with Gasteiger partial charge in [-0.05, 0) is 23.7 Å². The first-order chi connectivity index (χ1) is 8.63. The Balaban J connectivity index is 2.77. The van der Waals surface area contributed by atoms with Crippen molar-refractivity contribution in [2.45, 2.75) is 54.0 Å². The zero-order chi connectivity index (χ0) is 14.8. The molecule has 4 heteroatoms. The van der Waals surface area contributed by atoms with Gasteiger partial charge < -0.3 is 10.2 Å². The Morgan fingerprint density at radius 3 is 2.32 bits per heavy atom. The fraction of sp³-hybridized carbons (Fsp3) is 0.867. The van der Waals surface area contributed by atoms with Crippen LogP contribution in [0.1, 0.15) is 48.0 Å². The number of carbonyl (C=O) groups excluding carboxylic acids is 2. The highest BCUT2D eigenvalue weighted by molar-refractivity contribution is 5.94. The van der Waals surface area contributed by atoms with E-state index in [-0.39, 0.29) is 29.8 Å². The van der Waals surface area contributed by atoms with Crippen molar-refractivity contribution in [2.24, 2.45) is 17.3 Å². The molecule has 1 N–H and O–H groups in total. The third-order valence-corrected chi connectivity index (χ3v) is 4.15. The quantitative estimate of drug-likeness (QED) is 0.829. The van der Waals surface area contributed by atoms with E-state index in [9.17, 15) is 9.59 Å². The van der Waals surface area contributed by atoms with Crippen LogP contribution >= 0.6 is 0 Å². The molecule has 1 fully saturated rings. The minimum atomic E-state index is -0.343. The van der Waals surface area contributed by atoms with E-state index < -0.39 is 0 Å². The summed E-state index contributed by atoms with van der Waals surface area (Å²) >= 11 is 0. The molecular formula is C15H28N2O2. The number of nitrogens with one attached hydrogen (secondary N) is 1. The van der Waals surface area contributed by atoms with Crippen LogP contribution < -0.4 is 5.32 Å². The Kier molecular flexibility index (Phi) is 4.99. The predicted molar refractivity (Wildman–Crippen MR) is 76.6 cm³/mol. The van der Waals surface area contributed by atoms with Crippen LogP contribution in [-0.2, 0) is 9.59 Å². The van der Waals surface area contributed by atoms with Gasteiger partial charge in [-0.15, -0.1) is 0 Å². The van der Waals surface area contributed by atoms with Crippen LogP contribution in [0.5, 0.6) is 0 Å². The summed E-state index contributed by atoms with van der Waals surface area (Å²) in [6, 6.07) is -0.343. The maximum atomic E-state index is 12.4. The average Bonchev–Trinajstić information content (AvgIpc) is 2.23. The van der Waals surface area contributed by atoms with E-state index in [1.54, 1.807) is 4.90 Å². The van der Waals surface area contributed by atoms with Crippen molar-refractivity contribution in [1.29, 1.82) is 0 Å². The predicted octanol–water partition coefficient (Wildman–Crippen LogP) is 2.04. The van der Waals surface area contributed by atoms with Gasteiger partial charge in [-0.25, -0.2) is 0 Å². The zero-order valence-electron chi connectivity index (χ0n) is 13.1. The van der Waals surface area contributed by atoms with Crippen molar-refractivity contribution in [3.63, 3.8) is 0 Å². The summed E-state index contributed by atoms with van der Waals surface area (Å²) in [5, 5.41) is 2.81. The highest BCUT2D eigenvalue weighted by atomic mass is 16.2.